The monoisotopic (exact) mass is 404 g/mol. The van der Waals surface area contributed by atoms with Crippen LogP contribution in [0.25, 0.3) is 0 Å². The first kappa shape index (κ1) is 19.6. The van der Waals surface area contributed by atoms with Crippen LogP contribution in [0.4, 0.5) is 17.2 Å². The van der Waals surface area contributed by atoms with Gasteiger partial charge in [-0.15, -0.1) is 0 Å². The smallest absolute Gasteiger partial charge is 0.269 e. The summed E-state index contributed by atoms with van der Waals surface area (Å²) in [7, 11) is 0. The Morgan fingerprint density at radius 2 is 1.87 bits per heavy atom. The van der Waals surface area contributed by atoms with E-state index in [1.165, 1.54) is 11.6 Å². The van der Waals surface area contributed by atoms with E-state index in [4.69, 9.17) is 0 Å². The van der Waals surface area contributed by atoms with Gasteiger partial charge in [-0.25, -0.2) is 4.99 Å². The highest BCUT2D eigenvalue weighted by Gasteiger charge is 2.24. The van der Waals surface area contributed by atoms with Crippen molar-refractivity contribution in [3.8, 4) is 0 Å². The normalized spacial score (nSPS) is 15.1. The molecule has 2 aromatic carbocycles. The van der Waals surface area contributed by atoms with Crippen LogP contribution >= 0.6 is 0 Å². The molecule has 2 heterocycles. The van der Waals surface area contributed by atoms with Crippen LogP contribution in [0.15, 0.2) is 53.5 Å². The Morgan fingerprint density at radius 1 is 1.13 bits per heavy atom. The molecule has 0 saturated heterocycles. The minimum Gasteiger partial charge on any atom is -0.282 e. The van der Waals surface area contributed by atoms with Gasteiger partial charge in [-0.2, -0.15) is 5.10 Å². The average Bonchev–Trinajstić information content (AvgIpc) is 3.11. The van der Waals surface area contributed by atoms with Gasteiger partial charge in [-0.3, -0.25) is 25.6 Å². The summed E-state index contributed by atoms with van der Waals surface area (Å²) in [5.41, 5.74) is 8.22. The number of aliphatic imine (C=N–C) groups is 1. The van der Waals surface area contributed by atoms with Gasteiger partial charge in [-0.1, -0.05) is 32.9 Å². The first-order chi connectivity index (χ1) is 14.2. The van der Waals surface area contributed by atoms with Crippen LogP contribution in [0, 0.1) is 17.0 Å². The molecule has 0 bridgehead atoms. The number of hydrogen-bond donors (Lipinski definition) is 2. The van der Waals surface area contributed by atoms with E-state index in [-0.39, 0.29) is 16.0 Å². The van der Waals surface area contributed by atoms with Crippen LogP contribution in [-0.4, -0.2) is 21.0 Å². The van der Waals surface area contributed by atoms with Crippen LogP contribution in [0.3, 0.4) is 0 Å². The van der Waals surface area contributed by atoms with Crippen LogP contribution in [-0.2, 0) is 12.0 Å². The number of fused-ring (bicyclic) bond motifs is 1. The highest BCUT2D eigenvalue weighted by atomic mass is 16.6. The number of aromatic amines is 1. The van der Waals surface area contributed by atoms with Gasteiger partial charge < -0.3 is 0 Å². The SMILES string of the molecule is Cc1cc(N=C2NN(c3ccc(C(C)(C)C)cc3)Cc3cc([N+](=O)[O-])ccc32)n[nH]1. The maximum absolute atomic E-state index is 11.3. The lowest BCUT2D eigenvalue weighted by molar-refractivity contribution is -0.384. The molecule has 0 atom stereocenters. The fraction of sp³-hybridized carbons (Fsp3) is 0.273. The molecule has 154 valence electrons. The fourth-order valence-corrected chi connectivity index (χ4v) is 3.41. The molecule has 0 aliphatic carbocycles. The molecule has 8 nitrogen and oxygen atoms in total. The quantitative estimate of drug-likeness (QED) is 0.494. The highest BCUT2D eigenvalue weighted by Crippen LogP contribution is 2.29. The molecule has 0 amide bonds. The Kier molecular flexibility index (Phi) is 4.77. The number of nitrogens with zero attached hydrogens (tertiary/aromatic N) is 4. The summed E-state index contributed by atoms with van der Waals surface area (Å²) in [6, 6.07) is 15.0. The molecular weight excluding hydrogens is 380 g/mol. The second-order valence-corrected chi connectivity index (χ2v) is 8.46. The maximum Gasteiger partial charge on any atom is 0.269 e. The molecule has 0 unspecified atom stereocenters. The Morgan fingerprint density at radius 3 is 2.47 bits per heavy atom. The zero-order valence-electron chi connectivity index (χ0n) is 17.4. The first-order valence-corrected chi connectivity index (χ1v) is 9.74. The number of nitro benzene ring substituents is 1. The van der Waals surface area contributed by atoms with Crippen molar-refractivity contribution in [2.24, 2.45) is 4.99 Å². The molecule has 4 rings (SSSR count). The number of hydrogen-bond acceptors (Lipinski definition) is 5. The second-order valence-electron chi connectivity index (χ2n) is 8.46. The van der Waals surface area contributed by atoms with Gasteiger partial charge >= 0.3 is 0 Å². The predicted octanol–water partition coefficient (Wildman–Crippen LogP) is 4.53. The molecule has 0 saturated carbocycles. The van der Waals surface area contributed by atoms with Crippen molar-refractivity contribution >= 4 is 23.0 Å². The van der Waals surface area contributed by atoms with Crippen LogP contribution in [0.5, 0.6) is 0 Å². The van der Waals surface area contributed by atoms with E-state index < -0.39 is 0 Å². The number of benzene rings is 2. The third-order valence-corrected chi connectivity index (χ3v) is 5.09. The number of hydrazine groups is 1. The summed E-state index contributed by atoms with van der Waals surface area (Å²) in [6.45, 7) is 8.91. The first-order valence-electron chi connectivity index (χ1n) is 9.74. The van der Waals surface area contributed by atoms with Gasteiger partial charge in [-0.05, 0) is 41.7 Å². The Bertz CT molecular complexity index is 1130. The van der Waals surface area contributed by atoms with Gasteiger partial charge in [0.1, 0.15) is 0 Å². The number of aryl methyl sites for hydroxylation is 1. The van der Waals surface area contributed by atoms with Gasteiger partial charge in [0.2, 0.25) is 0 Å². The Hall–Kier alpha value is -3.68. The predicted molar refractivity (Wildman–Crippen MR) is 117 cm³/mol. The van der Waals surface area contributed by atoms with Gasteiger partial charge in [0.15, 0.2) is 11.7 Å². The number of anilines is 1. The molecule has 3 aromatic rings. The summed E-state index contributed by atoms with van der Waals surface area (Å²) >= 11 is 0. The van der Waals surface area contributed by atoms with E-state index in [1.54, 1.807) is 12.1 Å². The van der Waals surface area contributed by atoms with Crippen molar-refractivity contribution in [3.63, 3.8) is 0 Å². The van der Waals surface area contributed by atoms with Crippen molar-refractivity contribution in [1.29, 1.82) is 0 Å². The molecule has 0 radical (unpaired) electrons. The number of H-pyrrole nitrogens is 1. The topological polar surface area (TPSA) is 99.4 Å². The lowest BCUT2D eigenvalue weighted by atomic mass is 9.87. The van der Waals surface area contributed by atoms with E-state index in [1.807, 2.05) is 30.1 Å². The van der Waals surface area contributed by atoms with E-state index in [0.29, 0.717) is 18.2 Å². The third-order valence-electron chi connectivity index (χ3n) is 5.09. The largest absolute Gasteiger partial charge is 0.282 e. The second kappa shape index (κ2) is 7.29. The molecule has 2 N–H and O–H groups in total. The summed E-state index contributed by atoms with van der Waals surface area (Å²) in [6.07, 6.45) is 0. The van der Waals surface area contributed by atoms with Crippen molar-refractivity contribution < 1.29 is 4.92 Å². The molecular formula is C22H24N6O2. The summed E-state index contributed by atoms with van der Waals surface area (Å²) < 4.78 is 0. The fourth-order valence-electron chi connectivity index (χ4n) is 3.41. The lowest BCUT2D eigenvalue weighted by Crippen LogP contribution is -2.46. The van der Waals surface area contributed by atoms with Crippen LogP contribution < -0.4 is 10.4 Å². The van der Waals surface area contributed by atoms with E-state index in [9.17, 15) is 10.1 Å². The molecule has 30 heavy (non-hydrogen) atoms. The van der Waals surface area contributed by atoms with E-state index >= 15 is 0 Å². The van der Waals surface area contributed by atoms with Crippen molar-refractivity contribution in [2.75, 3.05) is 5.01 Å². The average molecular weight is 404 g/mol. The molecule has 1 aliphatic heterocycles. The van der Waals surface area contributed by atoms with Crippen molar-refractivity contribution in [3.05, 3.63) is 81.0 Å². The van der Waals surface area contributed by atoms with Gasteiger partial charge in [0.05, 0.1) is 17.2 Å². The molecule has 1 aliphatic rings. The number of non-ortho nitro benzene ring substituents is 1. The molecule has 0 fully saturated rings. The maximum atomic E-state index is 11.3. The standard InChI is InChI=1S/C22H24N6O2/c1-14-11-20(25-24-14)23-21-19-10-9-18(28(29)30)12-15(19)13-27(26-21)17-7-5-16(6-8-17)22(2,3)4/h5-12H,13H2,1-4H3,(H2,23,24,25,26). The van der Waals surface area contributed by atoms with Gasteiger partial charge in [0, 0.05) is 29.5 Å². The zero-order chi connectivity index (χ0) is 21.5. The third kappa shape index (κ3) is 3.89. The Balaban J connectivity index is 1.75. The summed E-state index contributed by atoms with van der Waals surface area (Å²) in [5.74, 6) is 1.14. The van der Waals surface area contributed by atoms with Gasteiger partial charge in [0.25, 0.3) is 5.69 Å². The molecule has 0 spiro atoms. The summed E-state index contributed by atoms with van der Waals surface area (Å²) in [5, 5.41) is 20.3. The molecule has 8 heteroatoms. The van der Waals surface area contributed by atoms with Crippen molar-refractivity contribution in [2.45, 2.75) is 39.7 Å². The number of nitrogens with one attached hydrogen (secondary N) is 2. The van der Waals surface area contributed by atoms with E-state index in [2.05, 4.69) is 53.5 Å². The number of rotatable bonds is 3. The van der Waals surface area contributed by atoms with Crippen LogP contribution in [0.2, 0.25) is 0 Å². The zero-order valence-corrected chi connectivity index (χ0v) is 17.4. The van der Waals surface area contributed by atoms with Crippen LogP contribution in [0.1, 0.15) is 43.2 Å². The molecule has 1 aromatic heterocycles. The van der Waals surface area contributed by atoms with Crippen molar-refractivity contribution in [1.82, 2.24) is 15.6 Å². The Labute approximate surface area is 174 Å². The number of nitro groups is 1. The summed E-state index contributed by atoms with van der Waals surface area (Å²) in [4.78, 5) is 15.5. The van der Waals surface area contributed by atoms with E-state index in [0.717, 1.165) is 22.5 Å². The highest BCUT2D eigenvalue weighted by molar-refractivity contribution is 6.03. The minimum absolute atomic E-state index is 0.0610. The number of amidine groups is 1. The number of aromatic nitrogens is 2. The lowest BCUT2D eigenvalue weighted by Gasteiger charge is -2.33. The minimum atomic E-state index is -0.376.